The number of carbonyl (C=O) groups excluding carboxylic acids is 1. The Balaban J connectivity index is 2.15. The lowest BCUT2D eigenvalue weighted by Crippen LogP contribution is -2.07. The summed E-state index contributed by atoms with van der Waals surface area (Å²) >= 11 is 0. The van der Waals surface area contributed by atoms with Crippen LogP contribution in [0, 0.1) is 13.8 Å². The third-order valence-corrected chi connectivity index (χ3v) is 3.25. The van der Waals surface area contributed by atoms with Gasteiger partial charge in [0.15, 0.2) is 0 Å². The number of methoxy groups -OCH3 is 1. The minimum Gasteiger partial charge on any atom is -0.507 e. The highest BCUT2D eigenvalue weighted by molar-refractivity contribution is 5.92. The maximum Gasteiger partial charge on any atom is 0.342 e. The molecule has 0 unspecified atom stereocenters. The first-order chi connectivity index (χ1) is 10.0. The lowest BCUT2D eigenvalue weighted by molar-refractivity contribution is 0.0466. The molecule has 2 rings (SSSR count). The molecule has 0 heterocycles. The summed E-state index contributed by atoms with van der Waals surface area (Å²) < 4.78 is 10.5. The van der Waals surface area contributed by atoms with Gasteiger partial charge in [-0.2, -0.15) is 0 Å². The van der Waals surface area contributed by atoms with Crippen molar-refractivity contribution in [3.05, 3.63) is 58.7 Å². The van der Waals surface area contributed by atoms with E-state index in [0.717, 1.165) is 11.1 Å². The Labute approximate surface area is 123 Å². The van der Waals surface area contributed by atoms with Crippen LogP contribution in [-0.2, 0) is 11.3 Å². The van der Waals surface area contributed by atoms with Gasteiger partial charge in [-0.1, -0.05) is 23.8 Å². The van der Waals surface area contributed by atoms with E-state index >= 15 is 0 Å². The first-order valence-electron chi connectivity index (χ1n) is 6.62. The van der Waals surface area contributed by atoms with Gasteiger partial charge < -0.3 is 14.6 Å². The SMILES string of the molecule is COc1ccc(C)cc1COC(=O)c1cccc(C)c1O. The van der Waals surface area contributed by atoms with Gasteiger partial charge in [0.1, 0.15) is 23.7 Å². The Hall–Kier alpha value is -2.49. The summed E-state index contributed by atoms with van der Waals surface area (Å²) in [6, 6.07) is 10.6. The zero-order chi connectivity index (χ0) is 15.4. The van der Waals surface area contributed by atoms with Crippen molar-refractivity contribution in [2.45, 2.75) is 20.5 Å². The second-order valence-corrected chi connectivity index (χ2v) is 4.86. The third-order valence-electron chi connectivity index (χ3n) is 3.25. The summed E-state index contributed by atoms with van der Waals surface area (Å²) in [5.41, 5.74) is 2.65. The highest BCUT2D eigenvalue weighted by Crippen LogP contribution is 2.24. The number of hydrogen-bond acceptors (Lipinski definition) is 4. The van der Waals surface area contributed by atoms with Crippen LogP contribution in [0.25, 0.3) is 0 Å². The average molecular weight is 286 g/mol. The van der Waals surface area contributed by atoms with Crippen LogP contribution in [0.5, 0.6) is 11.5 Å². The van der Waals surface area contributed by atoms with Crippen molar-refractivity contribution >= 4 is 5.97 Å². The van der Waals surface area contributed by atoms with Crippen molar-refractivity contribution in [3.63, 3.8) is 0 Å². The number of aromatic hydroxyl groups is 1. The van der Waals surface area contributed by atoms with Crippen molar-refractivity contribution in [3.8, 4) is 11.5 Å². The Morgan fingerprint density at radius 2 is 1.95 bits per heavy atom. The predicted molar refractivity (Wildman–Crippen MR) is 79.7 cm³/mol. The minimum atomic E-state index is -0.556. The lowest BCUT2D eigenvalue weighted by Gasteiger charge is -2.11. The highest BCUT2D eigenvalue weighted by atomic mass is 16.5. The number of ether oxygens (including phenoxy) is 2. The van der Waals surface area contributed by atoms with Crippen LogP contribution >= 0.6 is 0 Å². The Morgan fingerprint density at radius 3 is 2.67 bits per heavy atom. The van der Waals surface area contributed by atoms with Crippen LogP contribution in [0.2, 0.25) is 0 Å². The molecular weight excluding hydrogens is 268 g/mol. The van der Waals surface area contributed by atoms with Crippen LogP contribution in [0.15, 0.2) is 36.4 Å². The topological polar surface area (TPSA) is 55.8 Å². The monoisotopic (exact) mass is 286 g/mol. The first-order valence-corrected chi connectivity index (χ1v) is 6.62. The van der Waals surface area contributed by atoms with Crippen LogP contribution < -0.4 is 4.74 Å². The molecule has 0 aromatic heterocycles. The van der Waals surface area contributed by atoms with E-state index in [4.69, 9.17) is 9.47 Å². The Morgan fingerprint density at radius 1 is 1.19 bits per heavy atom. The molecule has 0 bridgehead atoms. The molecule has 110 valence electrons. The first kappa shape index (κ1) is 14.9. The van der Waals surface area contributed by atoms with E-state index in [1.54, 1.807) is 26.2 Å². The van der Waals surface area contributed by atoms with Crippen molar-refractivity contribution in [2.24, 2.45) is 0 Å². The maximum absolute atomic E-state index is 12.1. The summed E-state index contributed by atoms with van der Waals surface area (Å²) in [5, 5.41) is 9.88. The van der Waals surface area contributed by atoms with Gasteiger partial charge in [-0.15, -0.1) is 0 Å². The van der Waals surface area contributed by atoms with E-state index in [-0.39, 0.29) is 17.9 Å². The molecule has 0 atom stereocenters. The van der Waals surface area contributed by atoms with Crippen LogP contribution in [-0.4, -0.2) is 18.2 Å². The Bertz CT molecular complexity index is 662. The lowest BCUT2D eigenvalue weighted by atomic mass is 10.1. The van der Waals surface area contributed by atoms with Gasteiger partial charge in [-0.3, -0.25) is 0 Å². The maximum atomic E-state index is 12.1. The van der Waals surface area contributed by atoms with Crippen LogP contribution in [0.4, 0.5) is 0 Å². The van der Waals surface area contributed by atoms with E-state index < -0.39 is 5.97 Å². The van der Waals surface area contributed by atoms with Gasteiger partial charge in [0.05, 0.1) is 7.11 Å². The molecule has 0 saturated carbocycles. The molecule has 21 heavy (non-hydrogen) atoms. The number of benzene rings is 2. The molecular formula is C17H18O4. The quantitative estimate of drug-likeness (QED) is 0.875. The average Bonchev–Trinajstić information content (AvgIpc) is 2.47. The van der Waals surface area contributed by atoms with Crippen molar-refractivity contribution in [1.82, 2.24) is 0 Å². The van der Waals surface area contributed by atoms with Crippen molar-refractivity contribution < 1.29 is 19.4 Å². The molecule has 0 radical (unpaired) electrons. The number of phenols is 1. The Kier molecular flexibility index (Phi) is 4.48. The third kappa shape index (κ3) is 3.34. The number of carbonyl (C=O) groups is 1. The van der Waals surface area contributed by atoms with Gasteiger partial charge in [0.2, 0.25) is 0 Å². The molecule has 0 aliphatic rings. The van der Waals surface area contributed by atoms with Gasteiger partial charge in [-0.05, 0) is 37.6 Å². The van der Waals surface area contributed by atoms with E-state index in [1.807, 2.05) is 25.1 Å². The van der Waals surface area contributed by atoms with Crippen LogP contribution in [0.3, 0.4) is 0 Å². The standard InChI is InChI=1S/C17H18O4/c1-11-7-8-15(20-3)13(9-11)10-21-17(19)14-6-4-5-12(2)16(14)18/h4-9,18H,10H2,1-3H3. The highest BCUT2D eigenvalue weighted by Gasteiger charge is 2.15. The number of aryl methyl sites for hydroxylation is 2. The largest absolute Gasteiger partial charge is 0.507 e. The van der Waals surface area contributed by atoms with Gasteiger partial charge >= 0.3 is 5.97 Å². The van der Waals surface area contributed by atoms with Gasteiger partial charge in [-0.25, -0.2) is 4.79 Å². The number of hydrogen-bond donors (Lipinski definition) is 1. The van der Waals surface area contributed by atoms with Crippen molar-refractivity contribution in [1.29, 1.82) is 0 Å². The minimum absolute atomic E-state index is 0.0429. The van der Waals surface area contributed by atoms with E-state index in [0.29, 0.717) is 11.3 Å². The normalized spacial score (nSPS) is 10.2. The molecule has 0 fully saturated rings. The molecule has 0 aliphatic carbocycles. The second-order valence-electron chi connectivity index (χ2n) is 4.86. The van der Waals surface area contributed by atoms with Crippen molar-refractivity contribution in [2.75, 3.05) is 7.11 Å². The van der Waals surface area contributed by atoms with Gasteiger partial charge in [0.25, 0.3) is 0 Å². The zero-order valence-electron chi connectivity index (χ0n) is 12.3. The fraction of sp³-hybridized carbons (Fsp3) is 0.235. The van der Waals surface area contributed by atoms with Gasteiger partial charge in [0, 0.05) is 5.56 Å². The molecule has 0 spiro atoms. The number of rotatable bonds is 4. The van der Waals surface area contributed by atoms with Crippen LogP contribution in [0.1, 0.15) is 27.0 Å². The summed E-state index contributed by atoms with van der Waals surface area (Å²) in [4.78, 5) is 12.1. The molecule has 1 N–H and O–H groups in total. The molecule has 4 heteroatoms. The zero-order valence-corrected chi connectivity index (χ0v) is 12.3. The summed E-state index contributed by atoms with van der Waals surface area (Å²) in [6.45, 7) is 3.78. The van der Waals surface area contributed by atoms with E-state index in [2.05, 4.69) is 0 Å². The number of esters is 1. The molecule has 0 saturated heterocycles. The molecule has 2 aromatic carbocycles. The molecule has 4 nitrogen and oxygen atoms in total. The summed E-state index contributed by atoms with van der Waals surface area (Å²) in [7, 11) is 1.57. The fourth-order valence-corrected chi connectivity index (χ4v) is 2.06. The fourth-order valence-electron chi connectivity index (χ4n) is 2.06. The second kappa shape index (κ2) is 6.31. The summed E-state index contributed by atoms with van der Waals surface area (Å²) in [5.74, 6) is 0.0698. The summed E-state index contributed by atoms with van der Waals surface area (Å²) in [6.07, 6.45) is 0. The number of para-hydroxylation sites is 1. The molecule has 0 aliphatic heterocycles. The predicted octanol–water partition coefficient (Wildman–Crippen LogP) is 3.37. The van der Waals surface area contributed by atoms with E-state index in [1.165, 1.54) is 6.07 Å². The molecule has 2 aromatic rings. The van der Waals surface area contributed by atoms with E-state index in [9.17, 15) is 9.90 Å². The smallest absolute Gasteiger partial charge is 0.342 e. The molecule has 0 amide bonds. The number of phenolic OH excluding ortho intramolecular Hbond substituents is 1.